The number of hydrogen-bond donors (Lipinski definition) is 1. The molecule has 0 spiro atoms. The van der Waals surface area contributed by atoms with Gasteiger partial charge in [0.2, 0.25) is 0 Å². The molecule has 1 aliphatic rings. The van der Waals surface area contributed by atoms with E-state index in [-0.39, 0.29) is 29.6 Å². The Morgan fingerprint density at radius 3 is 2.43 bits per heavy atom. The summed E-state index contributed by atoms with van der Waals surface area (Å²) in [4.78, 5) is 30.3. The third-order valence-electron chi connectivity index (χ3n) is 6.77. The molecule has 0 aliphatic carbocycles. The number of methoxy groups -OCH3 is 1. The maximum Gasteiger partial charge on any atom is 0.309 e. The molecule has 4 atom stereocenters. The van der Waals surface area contributed by atoms with Gasteiger partial charge in [-0.3, -0.25) is 14.6 Å². The highest BCUT2D eigenvalue weighted by atomic mass is 16.5. The molecule has 6 heteroatoms. The van der Waals surface area contributed by atoms with E-state index in [4.69, 9.17) is 4.74 Å². The van der Waals surface area contributed by atoms with Crippen molar-refractivity contribution in [2.45, 2.75) is 25.8 Å². The quantitative estimate of drug-likeness (QED) is 0.269. The number of nitriles is 1. The normalized spacial score (nSPS) is 17.0. The van der Waals surface area contributed by atoms with Crippen molar-refractivity contribution < 1.29 is 14.3 Å². The van der Waals surface area contributed by atoms with E-state index < -0.39 is 5.92 Å². The van der Waals surface area contributed by atoms with Crippen molar-refractivity contribution >= 4 is 11.8 Å². The number of rotatable bonds is 10. The molecule has 1 N–H and O–H groups in total. The number of ether oxygens (including phenoxy) is 1. The number of carbonyl (C=O) groups excluding carboxylic acids is 2. The number of Topliss-reactive ketones (excluding diaryl/α,β-unsaturated/α-hetero) is 1. The van der Waals surface area contributed by atoms with Crippen LogP contribution < -0.4 is 5.32 Å². The molecular weight excluding hydrogens is 438 g/mol. The first-order chi connectivity index (χ1) is 17.0. The number of carbonyl (C=O) groups is 2. The standard InChI is InChI=1S/C29H29N3O3/c1-19(25(29(34)35-2)16-20-4-3-5-21(15-20)17-30)14-26(27-18-32-27)28(33)24-8-6-22(7-9-24)23-10-12-31-13-11-23/h3-13,15,19,25-27,32H,14,16,18H2,1-2H3. The van der Waals surface area contributed by atoms with Crippen molar-refractivity contribution in [1.82, 2.24) is 10.3 Å². The number of aromatic nitrogens is 1. The van der Waals surface area contributed by atoms with Crippen molar-refractivity contribution in [3.05, 3.63) is 89.7 Å². The molecule has 1 saturated heterocycles. The lowest BCUT2D eigenvalue weighted by Gasteiger charge is -2.25. The molecule has 3 aromatic rings. The van der Waals surface area contributed by atoms with Gasteiger partial charge in [0.25, 0.3) is 0 Å². The maximum absolute atomic E-state index is 13.5. The van der Waals surface area contributed by atoms with E-state index in [9.17, 15) is 14.9 Å². The molecule has 0 amide bonds. The topological polar surface area (TPSA) is 102 Å². The monoisotopic (exact) mass is 467 g/mol. The zero-order valence-corrected chi connectivity index (χ0v) is 20.0. The summed E-state index contributed by atoms with van der Waals surface area (Å²) in [6.07, 6.45) is 4.53. The summed E-state index contributed by atoms with van der Waals surface area (Å²) in [5.74, 6) is -0.924. The van der Waals surface area contributed by atoms with Crippen LogP contribution in [-0.2, 0) is 16.0 Å². The van der Waals surface area contributed by atoms with E-state index >= 15 is 0 Å². The number of nitrogens with one attached hydrogen (secondary N) is 1. The van der Waals surface area contributed by atoms with E-state index in [0.717, 1.165) is 23.2 Å². The zero-order valence-electron chi connectivity index (χ0n) is 20.0. The zero-order chi connectivity index (χ0) is 24.8. The molecule has 4 rings (SSSR count). The second kappa shape index (κ2) is 11.1. The summed E-state index contributed by atoms with van der Waals surface area (Å²) >= 11 is 0. The fourth-order valence-corrected chi connectivity index (χ4v) is 4.65. The van der Waals surface area contributed by atoms with E-state index in [1.54, 1.807) is 24.5 Å². The molecule has 1 fully saturated rings. The van der Waals surface area contributed by atoms with Crippen molar-refractivity contribution in [1.29, 1.82) is 5.26 Å². The number of hydrogen-bond acceptors (Lipinski definition) is 6. The fourth-order valence-electron chi connectivity index (χ4n) is 4.65. The van der Waals surface area contributed by atoms with Crippen LogP contribution in [-0.4, -0.2) is 36.4 Å². The van der Waals surface area contributed by atoms with Gasteiger partial charge in [0.15, 0.2) is 5.78 Å². The molecule has 178 valence electrons. The van der Waals surface area contributed by atoms with Gasteiger partial charge in [0, 0.05) is 36.5 Å². The Kier molecular flexibility index (Phi) is 7.69. The van der Waals surface area contributed by atoms with Gasteiger partial charge in [-0.15, -0.1) is 0 Å². The lowest BCUT2D eigenvalue weighted by molar-refractivity contribution is -0.147. The van der Waals surface area contributed by atoms with E-state index in [0.29, 0.717) is 24.0 Å². The molecule has 2 heterocycles. The first kappa shape index (κ1) is 24.3. The van der Waals surface area contributed by atoms with E-state index in [1.165, 1.54) is 7.11 Å². The largest absolute Gasteiger partial charge is 0.469 e. The second-order valence-electron chi connectivity index (χ2n) is 9.16. The third-order valence-corrected chi connectivity index (χ3v) is 6.77. The van der Waals surface area contributed by atoms with Crippen molar-refractivity contribution in [3.63, 3.8) is 0 Å². The van der Waals surface area contributed by atoms with Crippen LogP contribution in [0.25, 0.3) is 11.1 Å². The lowest BCUT2D eigenvalue weighted by Crippen LogP contribution is -2.31. The number of esters is 1. The van der Waals surface area contributed by atoms with Crippen LogP contribution in [0.3, 0.4) is 0 Å². The highest BCUT2D eigenvalue weighted by Crippen LogP contribution is 2.31. The third kappa shape index (κ3) is 6.00. The van der Waals surface area contributed by atoms with Crippen LogP contribution in [0.2, 0.25) is 0 Å². The van der Waals surface area contributed by atoms with Crippen molar-refractivity contribution in [2.75, 3.05) is 13.7 Å². The number of nitrogens with zero attached hydrogens (tertiary/aromatic N) is 2. The Hall–Kier alpha value is -3.82. The Bertz CT molecular complexity index is 1210. The summed E-state index contributed by atoms with van der Waals surface area (Å²) in [7, 11) is 1.39. The SMILES string of the molecule is COC(=O)C(Cc1cccc(C#N)c1)C(C)CC(C(=O)c1ccc(-c2ccncc2)cc1)C1CN1. The summed E-state index contributed by atoms with van der Waals surface area (Å²) < 4.78 is 5.11. The van der Waals surface area contributed by atoms with Gasteiger partial charge in [-0.2, -0.15) is 5.26 Å². The summed E-state index contributed by atoms with van der Waals surface area (Å²) in [6.45, 7) is 2.80. The number of benzene rings is 2. The average Bonchev–Trinajstić information content (AvgIpc) is 3.75. The van der Waals surface area contributed by atoms with Crippen LogP contribution in [0.15, 0.2) is 73.1 Å². The first-order valence-corrected chi connectivity index (χ1v) is 11.8. The second-order valence-corrected chi connectivity index (χ2v) is 9.16. The molecule has 2 aromatic carbocycles. The Morgan fingerprint density at radius 1 is 1.11 bits per heavy atom. The smallest absolute Gasteiger partial charge is 0.309 e. The maximum atomic E-state index is 13.5. The summed E-state index contributed by atoms with van der Waals surface area (Å²) in [5.41, 5.74) is 4.22. The predicted octanol–water partition coefficient (Wildman–Crippen LogP) is 4.45. The molecule has 1 aliphatic heterocycles. The first-order valence-electron chi connectivity index (χ1n) is 11.8. The molecule has 35 heavy (non-hydrogen) atoms. The van der Waals surface area contributed by atoms with Gasteiger partial charge in [0.05, 0.1) is 24.7 Å². The predicted molar refractivity (Wildman–Crippen MR) is 133 cm³/mol. The minimum atomic E-state index is -0.406. The van der Waals surface area contributed by atoms with Gasteiger partial charge >= 0.3 is 5.97 Å². The molecule has 0 saturated carbocycles. The molecule has 4 unspecified atom stereocenters. The van der Waals surface area contributed by atoms with E-state index in [1.807, 2.05) is 55.5 Å². The van der Waals surface area contributed by atoms with Crippen LogP contribution in [0, 0.1) is 29.1 Å². The Labute approximate surface area is 206 Å². The van der Waals surface area contributed by atoms with Crippen molar-refractivity contribution in [3.8, 4) is 17.2 Å². The molecule has 0 radical (unpaired) electrons. The minimum Gasteiger partial charge on any atom is -0.469 e. The van der Waals surface area contributed by atoms with Crippen LogP contribution in [0.4, 0.5) is 0 Å². The summed E-state index contributed by atoms with van der Waals surface area (Å²) in [5, 5.41) is 12.5. The lowest BCUT2D eigenvalue weighted by atomic mass is 9.78. The van der Waals surface area contributed by atoms with Crippen LogP contribution >= 0.6 is 0 Å². The van der Waals surface area contributed by atoms with Gasteiger partial charge in [0.1, 0.15) is 0 Å². The van der Waals surface area contributed by atoms with Crippen LogP contribution in [0.5, 0.6) is 0 Å². The minimum absolute atomic E-state index is 0.0827. The highest BCUT2D eigenvalue weighted by molar-refractivity contribution is 5.99. The number of pyridine rings is 1. The van der Waals surface area contributed by atoms with Gasteiger partial charge in [-0.1, -0.05) is 43.3 Å². The van der Waals surface area contributed by atoms with Crippen molar-refractivity contribution in [2.24, 2.45) is 17.8 Å². The summed E-state index contributed by atoms with van der Waals surface area (Å²) in [6, 6.07) is 21.1. The van der Waals surface area contributed by atoms with Gasteiger partial charge in [-0.05, 0) is 59.7 Å². The molecule has 6 nitrogen and oxygen atoms in total. The Morgan fingerprint density at radius 2 is 1.80 bits per heavy atom. The van der Waals surface area contributed by atoms with Gasteiger partial charge < -0.3 is 10.1 Å². The van der Waals surface area contributed by atoms with Gasteiger partial charge in [-0.25, -0.2) is 0 Å². The average molecular weight is 468 g/mol. The Balaban J connectivity index is 1.50. The molecular formula is C29H29N3O3. The van der Waals surface area contributed by atoms with E-state index in [2.05, 4.69) is 16.4 Å². The highest BCUT2D eigenvalue weighted by Gasteiger charge is 2.39. The molecule has 1 aromatic heterocycles. The molecule has 0 bridgehead atoms. The number of ketones is 1. The fraction of sp³-hybridized carbons (Fsp3) is 0.310. The van der Waals surface area contributed by atoms with Crippen LogP contribution in [0.1, 0.15) is 34.8 Å².